The van der Waals surface area contributed by atoms with Crippen molar-refractivity contribution in [3.8, 4) is 17.7 Å². The van der Waals surface area contributed by atoms with E-state index in [0.29, 0.717) is 31.4 Å². The normalized spacial score (nSPS) is 15.2. The number of methoxy groups -OCH3 is 1. The number of aryl methyl sites for hydroxylation is 1. The molecule has 166 valence electrons. The summed E-state index contributed by atoms with van der Waals surface area (Å²) in [5.41, 5.74) is 1.57. The number of morpholine rings is 1. The molecule has 3 aromatic rings. The molecule has 8 heteroatoms. The van der Waals surface area contributed by atoms with Gasteiger partial charge in [-0.1, -0.05) is 12.1 Å². The average molecular weight is 434 g/mol. The van der Waals surface area contributed by atoms with E-state index in [2.05, 4.69) is 16.3 Å². The van der Waals surface area contributed by atoms with Crippen molar-refractivity contribution in [3.63, 3.8) is 0 Å². The van der Waals surface area contributed by atoms with Gasteiger partial charge in [-0.05, 0) is 36.8 Å². The average Bonchev–Trinajstić information content (AvgIpc) is 3.47. The maximum atomic E-state index is 13.2. The van der Waals surface area contributed by atoms with Gasteiger partial charge < -0.3 is 19.2 Å². The molecule has 1 N–H and O–H groups in total. The molecule has 3 heterocycles. The highest BCUT2D eigenvalue weighted by Gasteiger charge is 2.27. The minimum absolute atomic E-state index is 0.0320. The summed E-state index contributed by atoms with van der Waals surface area (Å²) in [4.78, 5) is 15.4. The summed E-state index contributed by atoms with van der Waals surface area (Å²) in [6.45, 7) is 4.95. The number of hydrogen-bond acceptors (Lipinski definition) is 6. The van der Waals surface area contributed by atoms with E-state index < -0.39 is 0 Å². The SMILES string of the molecule is COc1ccc([C@H](CNC(=O)c2c(C)oc(-n3cccc3)c2C#N)N2CCOCC2)cc1. The maximum Gasteiger partial charge on any atom is 0.256 e. The number of ether oxygens (including phenoxy) is 2. The minimum atomic E-state index is -0.326. The summed E-state index contributed by atoms with van der Waals surface area (Å²) in [7, 11) is 1.64. The molecule has 0 radical (unpaired) electrons. The highest BCUT2D eigenvalue weighted by atomic mass is 16.5. The van der Waals surface area contributed by atoms with Crippen LogP contribution in [0.1, 0.15) is 33.3 Å². The number of hydrogen-bond donors (Lipinski definition) is 1. The fraction of sp³-hybridized carbons (Fsp3) is 0.333. The smallest absolute Gasteiger partial charge is 0.256 e. The number of furan rings is 1. The van der Waals surface area contributed by atoms with Crippen molar-refractivity contribution in [1.29, 1.82) is 5.26 Å². The Morgan fingerprint density at radius 1 is 1.22 bits per heavy atom. The van der Waals surface area contributed by atoms with Crippen LogP contribution in [0.5, 0.6) is 5.75 Å². The van der Waals surface area contributed by atoms with Crippen molar-refractivity contribution in [2.75, 3.05) is 40.0 Å². The van der Waals surface area contributed by atoms with Gasteiger partial charge in [0, 0.05) is 32.0 Å². The van der Waals surface area contributed by atoms with Gasteiger partial charge in [-0.15, -0.1) is 0 Å². The van der Waals surface area contributed by atoms with Gasteiger partial charge in [0.2, 0.25) is 5.88 Å². The molecule has 0 aliphatic carbocycles. The van der Waals surface area contributed by atoms with E-state index in [0.717, 1.165) is 24.4 Å². The largest absolute Gasteiger partial charge is 0.497 e. The first-order valence-corrected chi connectivity index (χ1v) is 10.5. The van der Waals surface area contributed by atoms with E-state index >= 15 is 0 Å². The number of carbonyl (C=O) groups excluding carboxylic acids is 1. The molecule has 1 fully saturated rings. The van der Waals surface area contributed by atoms with Crippen LogP contribution in [0.15, 0.2) is 53.2 Å². The Hall–Kier alpha value is -3.54. The van der Waals surface area contributed by atoms with E-state index in [4.69, 9.17) is 13.9 Å². The lowest BCUT2D eigenvalue weighted by atomic mass is 10.0. The van der Waals surface area contributed by atoms with Crippen LogP contribution >= 0.6 is 0 Å². The van der Waals surface area contributed by atoms with Crippen molar-refractivity contribution in [1.82, 2.24) is 14.8 Å². The van der Waals surface area contributed by atoms with Crippen molar-refractivity contribution < 1.29 is 18.7 Å². The van der Waals surface area contributed by atoms with Crippen LogP contribution in [0.25, 0.3) is 5.88 Å². The lowest BCUT2D eigenvalue weighted by Crippen LogP contribution is -2.43. The number of nitrogens with zero attached hydrogens (tertiary/aromatic N) is 3. The quantitative estimate of drug-likeness (QED) is 0.614. The van der Waals surface area contributed by atoms with Gasteiger partial charge in [0.25, 0.3) is 5.91 Å². The van der Waals surface area contributed by atoms with Gasteiger partial charge >= 0.3 is 0 Å². The van der Waals surface area contributed by atoms with E-state index in [1.54, 1.807) is 31.0 Å². The number of aromatic nitrogens is 1. The molecule has 8 nitrogen and oxygen atoms in total. The second-order valence-corrected chi connectivity index (χ2v) is 7.56. The third kappa shape index (κ3) is 4.40. The lowest BCUT2D eigenvalue weighted by Gasteiger charge is -2.35. The van der Waals surface area contributed by atoms with Gasteiger partial charge in [0.1, 0.15) is 28.7 Å². The number of nitriles is 1. The molecule has 1 aromatic carbocycles. The standard InChI is InChI=1S/C24H26N4O4/c1-17-22(20(15-25)24(32-17)28-9-3-4-10-28)23(29)26-16-21(27-11-13-31-14-12-27)18-5-7-19(30-2)8-6-18/h3-10,21H,11-14,16H2,1-2H3,(H,26,29)/t21-/m0/s1. The molecule has 0 saturated carbocycles. The monoisotopic (exact) mass is 434 g/mol. The van der Waals surface area contributed by atoms with E-state index in [-0.39, 0.29) is 23.1 Å². The molecule has 1 aliphatic rings. The maximum absolute atomic E-state index is 13.2. The number of carbonyl (C=O) groups is 1. The fourth-order valence-corrected chi connectivity index (χ4v) is 4.01. The molecule has 4 rings (SSSR count). The Morgan fingerprint density at radius 3 is 2.53 bits per heavy atom. The van der Waals surface area contributed by atoms with Crippen LogP contribution in [0.3, 0.4) is 0 Å². The van der Waals surface area contributed by atoms with Crippen molar-refractivity contribution in [2.45, 2.75) is 13.0 Å². The van der Waals surface area contributed by atoms with E-state index in [1.807, 2.05) is 36.4 Å². The van der Waals surface area contributed by atoms with Gasteiger partial charge in [-0.3, -0.25) is 14.3 Å². The Morgan fingerprint density at radius 2 is 1.91 bits per heavy atom. The third-order valence-corrected chi connectivity index (χ3v) is 5.69. The minimum Gasteiger partial charge on any atom is -0.497 e. The lowest BCUT2D eigenvalue weighted by molar-refractivity contribution is 0.0162. The molecule has 1 amide bonds. The van der Waals surface area contributed by atoms with Gasteiger partial charge in [-0.25, -0.2) is 0 Å². The molecule has 0 bridgehead atoms. The van der Waals surface area contributed by atoms with Crippen LogP contribution in [0.4, 0.5) is 0 Å². The van der Waals surface area contributed by atoms with Crippen LogP contribution in [0, 0.1) is 18.3 Å². The summed E-state index contributed by atoms with van der Waals surface area (Å²) in [6.07, 6.45) is 3.55. The molecule has 32 heavy (non-hydrogen) atoms. The third-order valence-electron chi connectivity index (χ3n) is 5.69. The van der Waals surface area contributed by atoms with Crippen LogP contribution in [-0.4, -0.2) is 55.3 Å². The Bertz CT molecular complexity index is 1090. The van der Waals surface area contributed by atoms with Crippen LogP contribution in [0.2, 0.25) is 0 Å². The summed E-state index contributed by atoms with van der Waals surface area (Å²) >= 11 is 0. The van der Waals surface area contributed by atoms with Crippen molar-refractivity contribution >= 4 is 5.91 Å². The summed E-state index contributed by atoms with van der Waals surface area (Å²) in [5, 5.41) is 12.8. The first-order chi connectivity index (χ1) is 15.6. The summed E-state index contributed by atoms with van der Waals surface area (Å²) < 4.78 is 18.2. The predicted octanol–water partition coefficient (Wildman–Crippen LogP) is 3.06. The zero-order valence-electron chi connectivity index (χ0n) is 18.2. The second kappa shape index (κ2) is 9.73. The zero-order valence-corrected chi connectivity index (χ0v) is 18.2. The Labute approximate surface area is 186 Å². The Kier molecular flexibility index (Phi) is 6.59. The summed E-state index contributed by atoms with van der Waals surface area (Å²) in [6, 6.07) is 13.6. The van der Waals surface area contributed by atoms with Gasteiger partial charge in [0.05, 0.1) is 26.4 Å². The van der Waals surface area contributed by atoms with Gasteiger partial charge in [-0.2, -0.15) is 5.26 Å². The first kappa shape index (κ1) is 21.7. The second-order valence-electron chi connectivity index (χ2n) is 7.56. The van der Waals surface area contributed by atoms with E-state index in [1.165, 1.54) is 0 Å². The molecule has 1 aliphatic heterocycles. The first-order valence-electron chi connectivity index (χ1n) is 10.5. The van der Waals surface area contributed by atoms with Crippen LogP contribution in [-0.2, 0) is 4.74 Å². The molecular formula is C24H26N4O4. The fourth-order valence-electron chi connectivity index (χ4n) is 4.01. The molecule has 2 aromatic heterocycles. The zero-order chi connectivity index (χ0) is 22.5. The molecule has 1 atom stereocenters. The molecule has 1 saturated heterocycles. The molecule has 0 unspecified atom stereocenters. The van der Waals surface area contributed by atoms with Crippen molar-refractivity contribution in [3.05, 3.63) is 71.2 Å². The highest BCUT2D eigenvalue weighted by Crippen LogP contribution is 2.27. The van der Waals surface area contributed by atoms with Crippen molar-refractivity contribution in [2.24, 2.45) is 0 Å². The van der Waals surface area contributed by atoms with Crippen LogP contribution < -0.4 is 10.1 Å². The number of rotatable bonds is 7. The number of nitrogens with one attached hydrogen (secondary N) is 1. The Balaban J connectivity index is 1.56. The summed E-state index contributed by atoms with van der Waals surface area (Å²) in [5.74, 6) is 1.21. The molecule has 0 spiro atoms. The topological polar surface area (TPSA) is 92.7 Å². The number of amides is 1. The number of benzene rings is 1. The van der Waals surface area contributed by atoms with Gasteiger partial charge in [0.15, 0.2) is 0 Å². The van der Waals surface area contributed by atoms with E-state index in [9.17, 15) is 10.1 Å². The molecular weight excluding hydrogens is 408 g/mol. The predicted molar refractivity (Wildman–Crippen MR) is 118 cm³/mol. The highest BCUT2D eigenvalue weighted by molar-refractivity contribution is 5.98.